The van der Waals surface area contributed by atoms with E-state index in [1.165, 1.54) is 360 Å². The second kappa shape index (κ2) is 37.8. The molecule has 6 fully saturated rings. The first-order chi connectivity index (χ1) is 65.7. The van der Waals surface area contributed by atoms with Crippen molar-refractivity contribution >= 4 is 72.7 Å². The van der Waals surface area contributed by atoms with Crippen molar-refractivity contribution in [3.05, 3.63) is 388 Å². The van der Waals surface area contributed by atoms with Crippen molar-refractivity contribution in [3.63, 3.8) is 0 Å². The van der Waals surface area contributed by atoms with E-state index in [0.29, 0.717) is 17.8 Å². The highest BCUT2D eigenvalue weighted by Gasteiger charge is 2.41. The Bertz CT molecular complexity index is 6670. The van der Waals surface area contributed by atoms with Crippen LogP contribution in [0.1, 0.15) is 336 Å². The zero-order valence-electron chi connectivity index (χ0n) is 80.6. The lowest BCUT2D eigenvalue weighted by atomic mass is 9.79. The SMILES string of the molecule is CC1(C)c2cc(C3CCCCC3)ccc2-c2ccc(N(c3ccc(-c4ccccc4)cc3)c3ccc(C4CCCCC4)cc3)cc21.CC1(C)c2cc(C3CCCCC3)ccc2-c2ccc(N(c3ccc(C4CCCCC4)cc3)c3ccc4ccccc4c3)cc21.CC1(C)c2cc(C3CCCCC3)ccc2-c2ccc(N(c3ccc(C4CCCCC4)cc3)c3cccc4ccccc34)cc21. The van der Waals surface area contributed by atoms with Gasteiger partial charge in [-0.1, -0.05) is 376 Å². The summed E-state index contributed by atoms with van der Waals surface area (Å²) in [6.45, 7) is 14.6. The van der Waals surface area contributed by atoms with E-state index >= 15 is 0 Å². The molecule has 15 aromatic rings. The third-order valence-electron chi connectivity index (χ3n) is 34.0. The van der Waals surface area contributed by atoms with Crippen LogP contribution >= 0.6 is 0 Å². The molecule has 9 aliphatic carbocycles. The van der Waals surface area contributed by atoms with Crippen molar-refractivity contribution in [2.45, 2.75) is 286 Å². The van der Waals surface area contributed by atoms with Crippen LogP contribution in [0.4, 0.5) is 51.2 Å². The fraction of sp³-hybridized carbons (Fsp3) is 0.344. The lowest BCUT2D eigenvalue weighted by Gasteiger charge is -2.30. The highest BCUT2D eigenvalue weighted by Crippen LogP contribution is 2.58. The summed E-state index contributed by atoms with van der Waals surface area (Å²) in [7, 11) is 0. The van der Waals surface area contributed by atoms with Gasteiger partial charge in [0.15, 0.2) is 0 Å². The van der Waals surface area contributed by atoms with E-state index < -0.39 is 0 Å². The van der Waals surface area contributed by atoms with E-state index in [4.69, 9.17) is 0 Å². The van der Waals surface area contributed by atoms with E-state index in [9.17, 15) is 0 Å². The molecule has 24 rings (SSSR count). The molecule has 134 heavy (non-hydrogen) atoms. The molecular weight excluding hydrogens is 1620 g/mol. The van der Waals surface area contributed by atoms with Gasteiger partial charge in [-0.05, 0) is 343 Å². The Morgan fingerprint density at radius 1 is 0.179 bits per heavy atom. The summed E-state index contributed by atoms with van der Waals surface area (Å²) in [6.07, 6.45) is 40.8. The molecule has 0 saturated heterocycles. The Morgan fingerprint density at radius 2 is 0.433 bits per heavy atom. The molecule has 15 aromatic carbocycles. The molecule has 676 valence electrons. The predicted molar refractivity (Wildman–Crippen MR) is 571 cm³/mol. The third-order valence-corrected chi connectivity index (χ3v) is 34.0. The monoisotopic (exact) mass is 1750 g/mol. The van der Waals surface area contributed by atoms with Crippen molar-refractivity contribution < 1.29 is 0 Å². The summed E-state index contributed by atoms with van der Waals surface area (Å²) in [5, 5.41) is 5.12. The highest BCUT2D eigenvalue weighted by molar-refractivity contribution is 6.00. The molecule has 6 saturated carbocycles. The average molecular weight is 1750 g/mol. The van der Waals surface area contributed by atoms with Gasteiger partial charge in [-0.3, -0.25) is 0 Å². The molecule has 0 radical (unpaired) electrons. The van der Waals surface area contributed by atoms with Crippen molar-refractivity contribution in [3.8, 4) is 44.5 Å². The largest absolute Gasteiger partial charge is 0.310 e. The van der Waals surface area contributed by atoms with Gasteiger partial charge < -0.3 is 14.7 Å². The number of hydrogen-bond acceptors (Lipinski definition) is 3. The maximum Gasteiger partial charge on any atom is 0.0540 e. The molecular formula is C131H137N3. The Balaban J connectivity index is 0.000000117. The summed E-state index contributed by atoms with van der Waals surface area (Å²) < 4.78 is 0. The first-order valence-corrected chi connectivity index (χ1v) is 52.4. The van der Waals surface area contributed by atoms with Gasteiger partial charge in [0, 0.05) is 67.1 Å². The zero-order chi connectivity index (χ0) is 90.4. The fourth-order valence-corrected chi connectivity index (χ4v) is 26.2. The van der Waals surface area contributed by atoms with Crippen LogP contribution in [-0.4, -0.2) is 0 Å². The van der Waals surface area contributed by atoms with Gasteiger partial charge in [0.2, 0.25) is 0 Å². The standard InChI is InChI=1S/C45H47N.2C43H45N/c1-45(2)43-30-37(34-16-10-5-11-17-34)22-28-41(43)42-29-27-40(31-44(42)45)46(38-23-18-35(19-24-38)32-12-6-3-7-13-32)39-25-20-36(21-26-39)33-14-8-4-9-15-33;1-43(2)40-28-34(31-14-7-4-8-15-31)22-26-38(40)39-27-25-36(29-41(39)43)44(42-19-11-17-33-16-9-10-18-37(33)42)35-23-20-32(21-24-35)30-12-5-3-6-13-30;1-43(2)41-28-35(31-13-7-4-8-14-31)20-25-39(41)40-26-24-38(29-42(40)43)44(37-23-19-32-15-9-10-16-34(32)27-37)36-21-17-33(18-22-36)30-11-5-3-6-12-30/h3,6-7,12-13,18-31,33-34H,4-5,8-11,14-17H2,1-2H3;9-11,16-31H,3-8,12-15H2,1-2H3;9-10,15-31H,3-8,11-14H2,1-2H3. The fourth-order valence-electron chi connectivity index (χ4n) is 26.2. The molecule has 0 aliphatic heterocycles. The van der Waals surface area contributed by atoms with E-state index in [0.717, 1.165) is 17.8 Å². The number of fused-ring (bicyclic) bond motifs is 11. The van der Waals surface area contributed by atoms with Crippen LogP contribution in [0.2, 0.25) is 0 Å². The van der Waals surface area contributed by atoms with Gasteiger partial charge in [0.05, 0.1) is 5.69 Å². The number of hydrogen-bond donors (Lipinski definition) is 0. The zero-order valence-corrected chi connectivity index (χ0v) is 80.6. The van der Waals surface area contributed by atoms with Crippen LogP contribution in [0.5, 0.6) is 0 Å². The van der Waals surface area contributed by atoms with Crippen molar-refractivity contribution in [1.29, 1.82) is 0 Å². The van der Waals surface area contributed by atoms with Crippen LogP contribution in [-0.2, 0) is 16.2 Å². The third kappa shape index (κ3) is 17.2. The minimum Gasteiger partial charge on any atom is -0.310 e. The molecule has 3 heteroatoms. The second-order valence-electron chi connectivity index (χ2n) is 43.2. The van der Waals surface area contributed by atoms with E-state index in [-0.39, 0.29) is 16.2 Å². The number of benzene rings is 15. The molecule has 0 heterocycles. The van der Waals surface area contributed by atoms with Crippen LogP contribution in [0.3, 0.4) is 0 Å². The van der Waals surface area contributed by atoms with Crippen molar-refractivity contribution in [2.75, 3.05) is 14.7 Å². The molecule has 0 N–H and O–H groups in total. The predicted octanol–water partition coefficient (Wildman–Crippen LogP) is 38.6. The van der Waals surface area contributed by atoms with E-state index in [1.807, 2.05) is 0 Å². The van der Waals surface area contributed by atoms with Gasteiger partial charge in [0.1, 0.15) is 0 Å². The van der Waals surface area contributed by atoms with Crippen LogP contribution < -0.4 is 14.7 Å². The number of rotatable bonds is 16. The van der Waals surface area contributed by atoms with Crippen LogP contribution in [0.25, 0.3) is 66.1 Å². The summed E-state index contributed by atoms with van der Waals surface area (Å²) in [6, 6.07) is 124. The van der Waals surface area contributed by atoms with E-state index in [1.54, 1.807) is 16.7 Å². The van der Waals surface area contributed by atoms with Gasteiger partial charge in [-0.2, -0.15) is 0 Å². The summed E-state index contributed by atoms with van der Waals surface area (Å²) in [4.78, 5) is 7.44. The Kier molecular flexibility index (Phi) is 24.7. The molecule has 0 amide bonds. The van der Waals surface area contributed by atoms with Gasteiger partial charge >= 0.3 is 0 Å². The van der Waals surface area contributed by atoms with Gasteiger partial charge in [0.25, 0.3) is 0 Å². The summed E-state index contributed by atoms with van der Waals surface area (Å²) >= 11 is 0. The highest BCUT2D eigenvalue weighted by atomic mass is 15.2. The number of nitrogens with zero attached hydrogens (tertiary/aromatic N) is 3. The smallest absolute Gasteiger partial charge is 0.0540 e. The molecule has 0 bridgehead atoms. The average Bonchev–Trinajstić information content (AvgIpc) is 1.61. The van der Waals surface area contributed by atoms with Crippen molar-refractivity contribution in [2.24, 2.45) is 0 Å². The first-order valence-electron chi connectivity index (χ1n) is 52.4. The Morgan fingerprint density at radius 3 is 0.813 bits per heavy atom. The van der Waals surface area contributed by atoms with Crippen LogP contribution in [0, 0.1) is 0 Å². The van der Waals surface area contributed by atoms with Crippen molar-refractivity contribution in [1.82, 2.24) is 0 Å². The normalized spacial score (nSPS) is 18.1. The molecule has 0 aromatic heterocycles. The minimum atomic E-state index is -0.0426. The van der Waals surface area contributed by atoms with Crippen LogP contribution in [0.15, 0.2) is 322 Å². The Hall–Kier alpha value is -11.8. The molecule has 0 atom stereocenters. The maximum absolute atomic E-state index is 2.57. The van der Waals surface area contributed by atoms with E-state index in [2.05, 4.69) is 378 Å². The van der Waals surface area contributed by atoms with Gasteiger partial charge in [-0.25, -0.2) is 0 Å². The maximum atomic E-state index is 2.57. The molecule has 9 aliphatic rings. The molecule has 3 nitrogen and oxygen atoms in total. The summed E-state index contributed by atoms with van der Waals surface area (Å²) in [5.41, 5.74) is 39.8. The lowest BCUT2D eigenvalue weighted by molar-refractivity contribution is 0.443. The second-order valence-corrected chi connectivity index (χ2v) is 43.2. The quantitative estimate of drug-likeness (QED) is 0.0955. The topological polar surface area (TPSA) is 9.72 Å². The van der Waals surface area contributed by atoms with Gasteiger partial charge in [-0.15, -0.1) is 0 Å². The molecule has 0 unspecified atom stereocenters. The minimum absolute atomic E-state index is 0.0365. The first kappa shape index (κ1) is 87.6. The lowest BCUT2D eigenvalue weighted by Crippen LogP contribution is -2.17. The number of anilines is 9. The Labute approximate surface area is 800 Å². The summed E-state index contributed by atoms with van der Waals surface area (Å²) in [5.74, 6) is 4.30. The molecule has 0 spiro atoms.